The van der Waals surface area contributed by atoms with Crippen LogP contribution < -0.4 is 10.6 Å². The molecule has 0 bridgehead atoms. The van der Waals surface area contributed by atoms with Crippen molar-refractivity contribution in [3.05, 3.63) is 23.9 Å². The van der Waals surface area contributed by atoms with Crippen LogP contribution in [0.2, 0.25) is 0 Å². The van der Waals surface area contributed by atoms with Gasteiger partial charge in [-0.15, -0.1) is 0 Å². The minimum atomic E-state index is -0.242. The number of nitrogens with zero attached hydrogens (tertiary/aromatic N) is 3. The van der Waals surface area contributed by atoms with Gasteiger partial charge in [-0.3, -0.25) is 4.79 Å². The van der Waals surface area contributed by atoms with Crippen molar-refractivity contribution in [3.63, 3.8) is 0 Å². The lowest BCUT2D eigenvalue weighted by Crippen LogP contribution is -2.42. The molecule has 0 aromatic carbocycles. The van der Waals surface area contributed by atoms with E-state index in [9.17, 15) is 4.79 Å². The van der Waals surface area contributed by atoms with Crippen molar-refractivity contribution < 1.29 is 9.53 Å². The maximum Gasteiger partial charge on any atom is 0.223 e. The Labute approximate surface area is 129 Å². The number of nitrogens with two attached hydrogens (primary N) is 1. The molecular weight excluding hydrogens is 280 g/mol. The summed E-state index contributed by atoms with van der Waals surface area (Å²) >= 11 is 0. The van der Waals surface area contributed by atoms with E-state index in [1.54, 1.807) is 6.07 Å². The van der Waals surface area contributed by atoms with Gasteiger partial charge in [-0.05, 0) is 37.3 Å². The van der Waals surface area contributed by atoms with Crippen LogP contribution in [0.3, 0.4) is 0 Å². The molecule has 2 N–H and O–H groups in total. The monoisotopic (exact) mass is 300 g/mol. The van der Waals surface area contributed by atoms with Crippen molar-refractivity contribution in [2.45, 2.75) is 25.4 Å². The van der Waals surface area contributed by atoms with Gasteiger partial charge in [0.05, 0.1) is 12.0 Å². The van der Waals surface area contributed by atoms with Crippen molar-refractivity contribution in [1.29, 1.82) is 5.26 Å². The molecule has 6 heteroatoms. The second kappa shape index (κ2) is 6.32. The molecule has 6 nitrogen and oxygen atoms in total. The first-order valence-corrected chi connectivity index (χ1v) is 7.72. The van der Waals surface area contributed by atoms with Crippen molar-refractivity contribution in [2.75, 3.05) is 24.6 Å². The zero-order chi connectivity index (χ0) is 15.5. The normalized spacial score (nSPS) is 25.9. The molecule has 2 saturated heterocycles. The summed E-state index contributed by atoms with van der Waals surface area (Å²) in [5.41, 5.74) is 5.91. The molecule has 0 radical (unpaired) electrons. The maximum absolute atomic E-state index is 11.5. The summed E-state index contributed by atoms with van der Waals surface area (Å²) in [6.45, 7) is 2.35. The van der Waals surface area contributed by atoms with Crippen LogP contribution in [0.5, 0.6) is 0 Å². The Morgan fingerprint density at radius 3 is 2.82 bits per heavy atom. The van der Waals surface area contributed by atoms with Crippen molar-refractivity contribution >= 4 is 11.7 Å². The molecule has 2 fully saturated rings. The average molecular weight is 300 g/mol. The smallest absolute Gasteiger partial charge is 0.223 e. The molecule has 0 spiro atoms. The molecule has 0 saturated carbocycles. The van der Waals surface area contributed by atoms with Crippen LogP contribution in [-0.2, 0) is 9.53 Å². The Balaban J connectivity index is 1.63. The van der Waals surface area contributed by atoms with Crippen LogP contribution in [0.4, 0.5) is 5.82 Å². The first-order chi connectivity index (χ1) is 10.7. The maximum atomic E-state index is 11.5. The average Bonchev–Trinajstić information content (AvgIpc) is 3.05. The van der Waals surface area contributed by atoms with E-state index < -0.39 is 0 Å². The molecule has 3 heterocycles. The van der Waals surface area contributed by atoms with E-state index in [1.807, 2.05) is 12.1 Å². The Kier molecular flexibility index (Phi) is 4.25. The fraction of sp³-hybridized carbons (Fsp3) is 0.562. The Morgan fingerprint density at radius 1 is 1.36 bits per heavy atom. The van der Waals surface area contributed by atoms with Crippen molar-refractivity contribution in [2.24, 2.45) is 17.6 Å². The topological polar surface area (TPSA) is 92.2 Å². The van der Waals surface area contributed by atoms with E-state index in [2.05, 4.69) is 16.0 Å². The first-order valence-electron chi connectivity index (χ1n) is 7.72. The summed E-state index contributed by atoms with van der Waals surface area (Å²) < 4.78 is 5.77. The number of carbonyl (C=O) groups excluding carboxylic acids is 1. The second-order valence-corrected chi connectivity index (χ2v) is 5.95. The minimum absolute atomic E-state index is 0.0296. The molecule has 2 atom stereocenters. The molecule has 0 unspecified atom stereocenters. The zero-order valence-electron chi connectivity index (χ0n) is 12.4. The summed E-state index contributed by atoms with van der Waals surface area (Å²) in [7, 11) is 0. The number of nitriles is 1. The number of aromatic nitrogens is 1. The molecule has 1 amide bonds. The quantitative estimate of drug-likeness (QED) is 0.901. The van der Waals surface area contributed by atoms with Crippen LogP contribution in [-0.4, -0.2) is 36.7 Å². The van der Waals surface area contributed by atoms with Crippen molar-refractivity contribution in [1.82, 2.24) is 4.98 Å². The number of piperidine rings is 1. The standard InChI is InChI=1S/C16H20N4O2/c17-10-12-2-1-3-14(19-12)20-7-4-11(5-8-20)15-13(16(18)21)6-9-22-15/h1-3,11,13,15H,4-9H2,(H2,18,21)/t13-,15+/m0/s1. The SMILES string of the molecule is N#Cc1cccc(N2CCC([C@H]3OCC[C@@H]3C(N)=O)CC2)n1. The van der Waals surface area contributed by atoms with Gasteiger partial charge in [0.1, 0.15) is 17.6 Å². The highest BCUT2D eigenvalue weighted by atomic mass is 16.5. The molecular formula is C16H20N4O2. The van der Waals surface area contributed by atoms with E-state index >= 15 is 0 Å². The number of pyridine rings is 1. The van der Waals surface area contributed by atoms with Gasteiger partial charge in [0.2, 0.25) is 5.91 Å². The highest BCUT2D eigenvalue weighted by molar-refractivity contribution is 5.77. The van der Waals surface area contributed by atoms with Gasteiger partial charge in [-0.25, -0.2) is 4.98 Å². The molecule has 0 aliphatic carbocycles. The number of primary amides is 1. The number of hydrogen-bond acceptors (Lipinski definition) is 5. The third-order valence-corrected chi connectivity index (χ3v) is 4.68. The van der Waals surface area contributed by atoms with E-state index in [1.165, 1.54) is 0 Å². The Hall–Kier alpha value is -2.13. The van der Waals surface area contributed by atoms with E-state index in [-0.39, 0.29) is 17.9 Å². The number of carbonyl (C=O) groups is 1. The summed E-state index contributed by atoms with van der Waals surface area (Å²) in [6.07, 6.45) is 2.62. The lowest BCUT2D eigenvalue weighted by atomic mass is 9.84. The molecule has 1 aromatic rings. The molecule has 116 valence electrons. The van der Waals surface area contributed by atoms with Gasteiger partial charge in [-0.1, -0.05) is 6.07 Å². The highest BCUT2D eigenvalue weighted by Gasteiger charge is 2.39. The third kappa shape index (κ3) is 2.90. The largest absolute Gasteiger partial charge is 0.377 e. The van der Waals surface area contributed by atoms with Crippen molar-refractivity contribution in [3.8, 4) is 6.07 Å². The first kappa shape index (κ1) is 14.8. The predicted molar refractivity (Wildman–Crippen MR) is 80.9 cm³/mol. The predicted octanol–water partition coefficient (Wildman–Crippen LogP) is 1.06. The lowest BCUT2D eigenvalue weighted by Gasteiger charge is -2.36. The second-order valence-electron chi connectivity index (χ2n) is 5.95. The molecule has 3 rings (SSSR count). The van der Waals surface area contributed by atoms with Gasteiger partial charge in [-0.2, -0.15) is 5.26 Å². The van der Waals surface area contributed by atoms with E-state index in [0.717, 1.165) is 38.2 Å². The van der Waals surface area contributed by atoms with Crippen LogP contribution in [0.25, 0.3) is 0 Å². The van der Waals surface area contributed by atoms with E-state index in [0.29, 0.717) is 18.2 Å². The molecule has 22 heavy (non-hydrogen) atoms. The molecule has 2 aliphatic rings. The lowest BCUT2D eigenvalue weighted by molar-refractivity contribution is -0.124. The van der Waals surface area contributed by atoms with Crippen LogP contribution in [0.15, 0.2) is 18.2 Å². The summed E-state index contributed by atoms with van der Waals surface area (Å²) in [5, 5.41) is 8.94. The van der Waals surface area contributed by atoms with Crippen LogP contribution >= 0.6 is 0 Å². The van der Waals surface area contributed by atoms with Gasteiger partial charge in [0.15, 0.2) is 0 Å². The molecule has 1 aromatic heterocycles. The summed E-state index contributed by atoms with van der Waals surface area (Å²) in [6, 6.07) is 7.56. The minimum Gasteiger partial charge on any atom is -0.377 e. The number of rotatable bonds is 3. The summed E-state index contributed by atoms with van der Waals surface area (Å²) in [5.74, 6) is 0.830. The van der Waals surface area contributed by atoms with E-state index in [4.69, 9.17) is 15.7 Å². The van der Waals surface area contributed by atoms with Crippen LogP contribution in [0, 0.1) is 23.2 Å². The Morgan fingerprint density at radius 2 is 2.14 bits per heavy atom. The molecule has 2 aliphatic heterocycles. The number of amides is 1. The number of ether oxygens (including phenoxy) is 1. The summed E-state index contributed by atoms with van der Waals surface area (Å²) in [4.78, 5) is 18.0. The van der Waals surface area contributed by atoms with Gasteiger partial charge >= 0.3 is 0 Å². The third-order valence-electron chi connectivity index (χ3n) is 4.68. The Bertz CT molecular complexity index is 590. The van der Waals surface area contributed by atoms with Gasteiger partial charge in [0, 0.05) is 19.7 Å². The number of anilines is 1. The fourth-order valence-electron chi connectivity index (χ4n) is 3.50. The highest BCUT2D eigenvalue weighted by Crippen LogP contribution is 2.33. The van der Waals surface area contributed by atoms with Crippen LogP contribution in [0.1, 0.15) is 25.0 Å². The number of hydrogen-bond donors (Lipinski definition) is 1. The van der Waals surface area contributed by atoms with Gasteiger partial charge < -0.3 is 15.4 Å². The zero-order valence-corrected chi connectivity index (χ0v) is 12.4. The fourth-order valence-corrected chi connectivity index (χ4v) is 3.50. The van der Waals surface area contributed by atoms with Gasteiger partial charge in [0.25, 0.3) is 0 Å².